The summed E-state index contributed by atoms with van der Waals surface area (Å²) >= 11 is 0. The average Bonchev–Trinajstić information content (AvgIpc) is 3.31. The van der Waals surface area contributed by atoms with Crippen molar-refractivity contribution in [1.82, 2.24) is 0 Å². The Morgan fingerprint density at radius 1 is 1.19 bits per heavy atom. The second-order valence-corrected chi connectivity index (χ2v) is 5.91. The van der Waals surface area contributed by atoms with Crippen molar-refractivity contribution in [2.24, 2.45) is 5.41 Å². The smallest absolute Gasteiger partial charge is 0.0998 e. The molecule has 0 heterocycles. The minimum absolute atomic E-state index is 0.408. The Labute approximate surface area is 125 Å². The summed E-state index contributed by atoms with van der Waals surface area (Å²) < 4.78 is 5.21. The van der Waals surface area contributed by atoms with Gasteiger partial charge >= 0.3 is 0 Å². The van der Waals surface area contributed by atoms with Gasteiger partial charge in [-0.3, -0.25) is 0 Å². The van der Waals surface area contributed by atoms with Gasteiger partial charge in [0.1, 0.15) is 0 Å². The quantitative estimate of drug-likeness (QED) is 0.871. The van der Waals surface area contributed by atoms with Crippen LogP contribution in [0.1, 0.15) is 24.8 Å². The van der Waals surface area contributed by atoms with Gasteiger partial charge in [0.2, 0.25) is 0 Å². The van der Waals surface area contributed by atoms with Gasteiger partial charge in [0, 0.05) is 36.7 Å². The van der Waals surface area contributed by atoms with Crippen molar-refractivity contribution >= 4 is 16.5 Å². The Morgan fingerprint density at radius 2 is 1.95 bits per heavy atom. The normalized spacial score (nSPS) is 15.6. The molecular formula is C18H20N2O. The number of methoxy groups -OCH3 is 1. The van der Waals surface area contributed by atoms with E-state index in [9.17, 15) is 5.26 Å². The predicted molar refractivity (Wildman–Crippen MR) is 85.3 cm³/mol. The molecular weight excluding hydrogens is 260 g/mol. The van der Waals surface area contributed by atoms with Crippen LogP contribution in [0.4, 0.5) is 5.69 Å². The Hall–Kier alpha value is -2.05. The molecule has 1 fully saturated rings. The molecule has 0 amide bonds. The van der Waals surface area contributed by atoms with Crippen molar-refractivity contribution in [3.05, 3.63) is 42.0 Å². The van der Waals surface area contributed by atoms with Gasteiger partial charge < -0.3 is 10.1 Å². The summed E-state index contributed by atoms with van der Waals surface area (Å²) in [4.78, 5) is 0. The Bertz CT molecular complexity index is 683. The first kappa shape index (κ1) is 13.9. The second kappa shape index (κ2) is 5.75. The summed E-state index contributed by atoms with van der Waals surface area (Å²) in [5.41, 5.74) is 2.26. The molecule has 3 heteroatoms. The van der Waals surface area contributed by atoms with E-state index >= 15 is 0 Å². The highest BCUT2D eigenvalue weighted by atomic mass is 16.5. The number of fused-ring (bicyclic) bond motifs is 1. The lowest BCUT2D eigenvalue weighted by molar-refractivity contribution is 0.175. The van der Waals surface area contributed by atoms with Crippen molar-refractivity contribution in [1.29, 1.82) is 5.26 Å². The maximum Gasteiger partial charge on any atom is 0.0998 e. The molecule has 0 unspecified atom stereocenters. The van der Waals surface area contributed by atoms with Gasteiger partial charge in [-0.1, -0.05) is 24.3 Å². The summed E-state index contributed by atoms with van der Waals surface area (Å²) in [6.07, 6.45) is 3.67. The van der Waals surface area contributed by atoms with Crippen molar-refractivity contribution in [3.63, 3.8) is 0 Å². The minimum atomic E-state index is 0.408. The summed E-state index contributed by atoms with van der Waals surface area (Å²) in [7, 11) is 1.76. The second-order valence-electron chi connectivity index (χ2n) is 5.91. The van der Waals surface area contributed by atoms with E-state index in [1.165, 1.54) is 12.8 Å². The van der Waals surface area contributed by atoms with Gasteiger partial charge in [0.25, 0.3) is 0 Å². The standard InChI is InChI=1S/C18H20N2O/c1-21-11-10-18(8-9-18)13-20-17-7-6-14(12-19)15-4-2-3-5-16(15)17/h2-7,20H,8-11,13H2,1H3. The first-order chi connectivity index (χ1) is 10.3. The lowest BCUT2D eigenvalue weighted by atomic mass is 10.0. The molecule has 108 valence electrons. The highest BCUT2D eigenvalue weighted by Crippen LogP contribution is 2.48. The number of ether oxygens (including phenoxy) is 1. The van der Waals surface area contributed by atoms with Gasteiger partial charge in [0.05, 0.1) is 11.6 Å². The van der Waals surface area contributed by atoms with Gasteiger partial charge in [-0.25, -0.2) is 0 Å². The molecule has 0 aliphatic heterocycles. The van der Waals surface area contributed by atoms with E-state index in [1.807, 2.05) is 30.3 Å². The van der Waals surface area contributed by atoms with Crippen molar-refractivity contribution in [3.8, 4) is 6.07 Å². The summed E-state index contributed by atoms with van der Waals surface area (Å²) in [6, 6.07) is 14.3. The summed E-state index contributed by atoms with van der Waals surface area (Å²) in [5.74, 6) is 0. The van der Waals surface area contributed by atoms with Crippen molar-refractivity contribution < 1.29 is 4.74 Å². The van der Waals surface area contributed by atoms with Gasteiger partial charge in [0.15, 0.2) is 0 Å². The van der Waals surface area contributed by atoms with Crippen molar-refractivity contribution in [2.45, 2.75) is 19.3 Å². The van der Waals surface area contributed by atoms with Crippen LogP contribution in [0.5, 0.6) is 0 Å². The highest BCUT2D eigenvalue weighted by Gasteiger charge is 2.41. The van der Waals surface area contributed by atoms with E-state index in [4.69, 9.17) is 4.74 Å². The maximum atomic E-state index is 9.21. The third kappa shape index (κ3) is 2.86. The van der Waals surface area contributed by atoms with E-state index < -0.39 is 0 Å². The SMILES string of the molecule is COCCC1(CNc2ccc(C#N)c3ccccc23)CC1. The van der Waals surface area contributed by atoms with Gasteiger partial charge in [-0.05, 0) is 36.8 Å². The van der Waals surface area contributed by atoms with Crippen LogP contribution < -0.4 is 5.32 Å². The Morgan fingerprint density at radius 3 is 2.62 bits per heavy atom. The van der Waals surface area contributed by atoms with Crippen LogP contribution in [0.15, 0.2) is 36.4 Å². The highest BCUT2D eigenvalue weighted by molar-refractivity contribution is 5.97. The lowest BCUT2D eigenvalue weighted by Crippen LogP contribution is -2.17. The molecule has 3 rings (SSSR count). The third-order valence-electron chi connectivity index (χ3n) is 4.49. The molecule has 1 aliphatic carbocycles. The molecule has 2 aromatic rings. The molecule has 0 aromatic heterocycles. The first-order valence-electron chi connectivity index (χ1n) is 7.43. The van der Waals surface area contributed by atoms with E-state index in [-0.39, 0.29) is 0 Å². The monoisotopic (exact) mass is 280 g/mol. The molecule has 1 saturated carbocycles. The zero-order valence-electron chi connectivity index (χ0n) is 12.4. The molecule has 1 N–H and O–H groups in total. The Balaban J connectivity index is 1.81. The average molecular weight is 280 g/mol. The van der Waals surface area contributed by atoms with Crippen LogP contribution in [-0.2, 0) is 4.74 Å². The molecule has 3 nitrogen and oxygen atoms in total. The third-order valence-corrected chi connectivity index (χ3v) is 4.49. The molecule has 1 aliphatic rings. The maximum absolute atomic E-state index is 9.21. The van der Waals surface area contributed by atoms with Crippen LogP contribution in [0, 0.1) is 16.7 Å². The van der Waals surface area contributed by atoms with Gasteiger partial charge in [-0.2, -0.15) is 5.26 Å². The van der Waals surface area contributed by atoms with Crippen LogP contribution in [-0.4, -0.2) is 20.3 Å². The fourth-order valence-electron chi connectivity index (χ4n) is 2.84. The molecule has 0 atom stereocenters. The zero-order chi connectivity index (χ0) is 14.7. The van der Waals surface area contributed by atoms with Crippen LogP contribution in [0.3, 0.4) is 0 Å². The van der Waals surface area contributed by atoms with Gasteiger partial charge in [-0.15, -0.1) is 0 Å². The number of benzene rings is 2. The predicted octanol–water partition coefficient (Wildman–Crippen LogP) is 3.94. The Kier molecular flexibility index (Phi) is 3.81. The fourth-order valence-corrected chi connectivity index (χ4v) is 2.84. The molecule has 2 aromatic carbocycles. The van der Waals surface area contributed by atoms with E-state index in [0.29, 0.717) is 5.41 Å². The van der Waals surface area contributed by atoms with Crippen LogP contribution in [0.2, 0.25) is 0 Å². The number of nitrogens with zero attached hydrogens (tertiary/aromatic N) is 1. The minimum Gasteiger partial charge on any atom is -0.385 e. The van der Waals surface area contributed by atoms with Crippen LogP contribution in [0.25, 0.3) is 10.8 Å². The largest absolute Gasteiger partial charge is 0.385 e. The number of hydrogen-bond acceptors (Lipinski definition) is 3. The fraction of sp³-hybridized carbons (Fsp3) is 0.389. The first-order valence-corrected chi connectivity index (χ1v) is 7.43. The van der Waals surface area contributed by atoms with Crippen molar-refractivity contribution in [2.75, 3.05) is 25.6 Å². The number of nitrogens with one attached hydrogen (secondary N) is 1. The van der Waals surface area contributed by atoms with Crippen LogP contribution >= 0.6 is 0 Å². The summed E-state index contributed by atoms with van der Waals surface area (Å²) in [6.45, 7) is 1.81. The number of anilines is 1. The zero-order valence-corrected chi connectivity index (χ0v) is 12.4. The number of nitriles is 1. The molecule has 21 heavy (non-hydrogen) atoms. The lowest BCUT2D eigenvalue weighted by Gasteiger charge is -2.17. The number of rotatable bonds is 6. The molecule has 0 saturated heterocycles. The molecule has 0 radical (unpaired) electrons. The summed E-state index contributed by atoms with van der Waals surface area (Å²) in [5, 5.41) is 14.9. The van der Waals surface area contributed by atoms with E-state index in [1.54, 1.807) is 7.11 Å². The van der Waals surface area contributed by atoms with E-state index in [0.717, 1.165) is 41.6 Å². The topological polar surface area (TPSA) is 45.0 Å². The number of hydrogen-bond donors (Lipinski definition) is 1. The van der Waals surface area contributed by atoms with E-state index in [2.05, 4.69) is 17.5 Å². The molecule has 0 bridgehead atoms. The molecule has 0 spiro atoms.